The third-order valence-corrected chi connectivity index (χ3v) is 5.13. The molecule has 2 N–H and O–H groups in total. The van der Waals surface area contributed by atoms with Crippen molar-refractivity contribution in [2.45, 2.75) is 39.2 Å². The molecule has 0 saturated carbocycles. The highest BCUT2D eigenvalue weighted by Crippen LogP contribution is 2.22. The third kappa shape index (κ3) is 5.12. The molecule has 0 radical (unpaired) electrons. The molecule has 1 fully saturated rings. The predicted octanol–water partition coefficient (Wildman–Crippen LogP) is 4.07. The maximum atomic E-state index is 12.8. The second kappa shape index (κ2) is 9.40. The molecule has 148 valence electrons. The van der Waals surface area contributed by atoms with Crippen molar-refractivity contribution in [2.24, 2.45) is 5.92 Å². The van der Waals surface area contributed by atoms with Crippen LogP contribution in [0.5, 0.6) is 0 Å². The summed E-state index contributed by atoms with van der Waals surface area (Å²) in [5.41, 5.74) is 2.48. The first-order valence-corrected chi connectivity index (χ1v) is 10.1. The third-order valence-electron chi connectivity index (χ3n) is 5.13. The zero-order valence-corrected chi connectivity index (χ0v) is 16.7. The van der Waals surface area contributed by atoms with Crippen LogP contribution in [0.15, 0.2) is 54.6 Å². The lowest BCUT2D eigenvalue weighted by Crippen LogP contribution is -2.47. The SMILES string of the molecule is CC(C)C(NC(=O)c1ccccc1)C(=O)Nc1ccc(N2CCCCC2)cc1. The van der Waals surface area contributed by atoms with Gasteiger partial charge in [-0.25, -0.2) is 0 Å². The Hall–Kier alpha value is -2.82. The molecule has 3 rings (SSSR count). The number of anilines is 2. The van der Waals surface area contributed by atoms with Gasteiger partial charge in [-0.05, 0) is 61.6 Å². The van der Waals surface area contributed by atoms with E-state index in [4.69, 9.17) is 0 Å². The molecule has 1 aliphatic heterocycles. The van der Waals surface area contributed by atoms with E-state index >= 15 is 0 Å². The van der Waals surface area contributed by atoms with E-state index < -0.39 is 6.04 Å². The lowest BCUT2D eigenvalue weighted by molar-refractivity contribution is -0.118. The average Bonchev–Trinajstić information content (AvgIpc) is 2.73. The molecule has 1 unspecified atom stereocenters. The molecule has 1 aliphatic rings. The highest BCUT2D eigenvalue weighted by atomic mass is 16.2. The number of benzene rings is 2. The van der Waals surface area contributed by atoms with Crippen LogP contribution in [0.2, 0.25) is 0 Å². The van der Waals surface area contributed by atoms with E-state index in [9.17, 15) is 9.59 Å². The quantitative estimate of drug-likeness (QED) is 0.795. The molecular weight excluding hydrogens is 350 g/mol. The fourth-order valence-electron chi connectivity index (χ4n) is 3.48. The average molecular weight is 380 g/mol. The lowest BCUT2D eigenvalue weighted by atomic mass is 10.0. The highest BCUT2D eigenvalue weighted by Gasteiger charge is 2.24. The molecular formula is C23H29N3O2. The summed E-state index contributed by atoms with van der Waals surface area (Å²) in [7, 11) is 0. The van der Waals surface area contributed by atoms with Crippen molar-refractivity contribution in [3.8, 4) is 0 Å². The van der Waals surface area contributed by atoms with E-state index in [0.717, 1.165) is 18.8 Å². The molecule has 1 saturated heterocycles. The van der Waals surface area contributed by atoms with Crippen molar-refractivity contribution in [1.29, 1.82) is 0 Å². The normalized spacial score (nSPS) is 15.2. The minimum atomic E-state index is -0.602. The van der Waals surface area contributed by atoms with Crippen molar-refractivity contribution < 1.29 is 9.59 Å². The number of nitrogens with zero attached hydrogens (tertiary/aromatic N) is 1. The molecule has 0 aromatic heterocycles. The summed E-state index contributed by atoms with van der Waals surface area (Å²) in [5.74, 6) is -0.472. The molecule has 1 heterocycles. The second-order valence-electron chi connectivity index (χ2n) is 7.65. The van der Waals surface area contributed by atoms with Crippen LogP contribution >= 0.6 is 0 Å². The van der Waals surface area contributed by atoms with Crippen molar-refractivity contribution >= 4 is 23.2 Å². The first-order chi connectivity index (χ1) is 13.5. The molecule has 28 heavy (non-hydrogen) atoms. The number of hydrogen-bond donors (Lipinski definition) is 2. The van der Waals surface area contributed by atoms with Gasteiger partial charge < -0.3 is 15.5 Å². The summed E-state index contributed by atoms with van der Waals surface area (Å²) in [4.78, 5) is 27.6. The van der Waals surface area contributed by atoms with Crippen molar-refractivity contribution in [1.82, 2.24) is 5.32 Å². The van der Waals surface area contributed by atoms with Gasteiger partial charge >= 0.3 is 0 Å². The Bertz CT molecular complexity index is 781. The van der Waals surface area contributed by atoms with Gasteiger partial charge in [0.1, 0.15) is 6.04 Å². The minimum absolute atomic E-state index is 0.0275. The highest BCUT2D eigenvalue weighted by molar-refractivity contribution is 6.01. The zero-order chi connectivity index (χ0) is 19.9. The maximum Gasteiger partial charge on any atom is 0.251 e. The molecule has 2 aromatic carbocycles. The Morgan fingerprint density at radius 1 is 0.893 bits per heavy atom. The van der Waals surface area contributed by atoms with E-state index in [1.807, 2.05) is 56.3 Å². The summed E-state index contributed by atoms with van der Waals surface area (Å²) in [5, 5.41) is 5.79. The Morgan fingerprint density at radius 3 is 2.14 bits per heavy atom. The smallest absolute Gasteiger partial charge is 0.251 e. The molecule has 0 bridgehead atoms. The van der Waals surface area contributed by atoms with Gasteiger partial charge in [0, 0.05) is 30.0 Å². The van der Waals surface area contributed by atoms with Crippen LogP contribution in [-0.2, 0) is 4.79 Å². The minimum Gasteiger partial charge on any atom is -0.372 e. The van der Waals surface area contributed by atoms with E-state index in [-0.39, 0.29) is 17.7 Å². The van der Waals surface area contributed by atoms with E-state index in [1.54, 1.807) is 12.1 Å². The molecule has 1 atom stereocenters. The first-order valence-electron chi connectivity index (χ1n) is 10.1. The van der Waals surface area contributed by atoms with Crippen LogP contribution in [0.3, 0.4) is 0 Å². The van der Waals surface area contributed by atoms with Crippen molar-refractivity contribution in [2.75, 3.05) is 23.3 Å². The summed E-state index contributed by atoms with van der Waals surface area (Å²) in [6.45, 7) is 6.03. The van der Waals surface area contributed by atoms with E-state index in [2.05, 4.69) is 15.5 Å². The molecule has 0 spiro atoms. The second-order valence-corrected chi connectivity index (χ2v) is 7.65. The van der Waals surface area contributed by atoms with Crippen molar-refractivity contribution in [3.63, 3.8) is 0 Å². The van der Waals surface area contributed by atoms with E-state index in [0.29, 0.717) is 5.56 Å². The summed E-state index contributed by atoms with van der Waals surface area (Å²) >= 11 is 0. The van der Waals surface area contributed by atoms with Crippen LogP contribution in [0.1, 0.15) is 43.5 Å². The van der Waals surface area contributed by atoms with E-state index in [1.165, 1.54) is 24.9 Å². The van der Waals surface area contributed by atoms with Crippen LogP contribution < -0.4 is 15.5 Å². The number of amides is 2. The topological polar surface area (TPSA) is 61.4 Å². The number of carbonyl (C=O) groups is 2. The number of nitrogens with one attached hydrogen (secondary N) is 2. The van der Waals surface area contributed by atoms with Gasteiger partial charge in [0.25, 0.3) is 5.91 Å². The van der Waals surface area contributed by atoms with Crippen LogP contribution in [-0.4, -0.2) is 30.9 Å². The number of hydrogen-bond acceptors (Lipinski definition) is 3. The first kappa shape index (κ1) is 19.9. The lowest BCUT2D eigenvalue weighted by Gasteiger charge is -2.29. The Balaban J connectivity index is 1.62. The van der Waals surface area contributed by atoms with Crippen LogP contribution in [0.25, 0.3) is 0 Å². The predicted molar refractivity (Wildman–Crippen MR) is 114 cm³/mol. The summed E-state index contributed by atoms with van der Waals surface area (Å²) in [6, 6.07) is 16.3. The Kier molecular flexibility index (Phi) is 6.69. The van der Waals surface area contributed by atoms with Gasteiger partial charge in [-0.15, -0.1) is 0 Å². The molecule has 5 heteroatoms. The fourth-order valence-corrected chi connectivity index (χ4v) is 3.48. The Labute approximate surface area is 167 Å². The fraction of sp³-hybridized carbons (Fsp3) is 0.391. The molecule has 2 aromatic rings. The largest absolute Gasteiger partial charge is 0.372 e. The van der Waals surface area contributed by atoms with Gasteiger partial charge in [-0.3, -0.25) is 9.59 Å². The van der Waals surface area contributed by atoms with Gasteiger partial charge in [0.2, 0.25) is 5.91 Å². The molecule has 0 aliphatic carbocycles. The standard InChI is InChI=1S/C23H29N3O2/c1-17(2)21(25-22(27)18-9-5-3-6-10-18)23(28)24-19-11-13-20(14-12-19)26-15-7-4-8-16-26/h3,5-6,9-14,17,21H,4,7-8,15-16H2,1-2H3,(H,24,28)(H,25,27). The van der Waals surface area contributed by atoms with Crippen LogP contribution in [0, 0.1) is 5.92 Å². The number of piperidine rings is 1. The maximum absolute atomic E-state index is 12.8. The van der Waals surface area contributed by atoms with Gasteiger partial charge in [0.15, 0.2) is 0 Å². The molecule has 2 amide bonds. The van der Waals surface area contributed by atoms with Gasteiger partial charge in [-0.2, -0.15) is 0 Å². The Morgan fingerprint density at radius 2 is 1.54 bits per heavy atom. The summed E-state index contributed by atoms with van der Waals surface area (Å²) in [6.07, 6.45) is 3.77. The van der Waals surface area contributed by atoms with Crippen molar-refractivity contribution in [3.05, 3.63) is 60.2 Å². The molecule has 5 nitrogen and oxygen atoms in total. The van der Waals surface area contributed by atoms with Gasteiger partial charge in [0.05, 0.1) is 0 Å². The zero-order valence-electron chi connectivity index (χ0n) is 16.7. The summed E-state index contributed by atoms with van der Waals surface area (Å²) < 4.78 is 0. The van der Waals surface area contributed by atoms with Crippen LogP contribution in [0.4, 0.5) is 11.4 Å². The number of carbonyl (C=O) groups excluding carboxylic acids is 2. The number of rotatable bonds is 6. The monoisotopic (exact) mass is 379 g/mol. The van der Waals surface area contributed by atoms with Gasteiger partial charge in [-0.1, -0.05) is 32.0 Å².